The highest BCUT2D eigenvalue weighted by Gasteiger charge is 2.29. The summed E-state index contributed by atoms with van der Waals surface area (Å²) >= 11 is 0. The van der Waals surface area contributed by atoms with Crippen LogP contribution in [0.4, 0.5) is 0 Å². The van der Waals surface area contributed by atoms with Gasteiger partial charge in [0.25, 0.3) is 0 Å². The Balaban J connectivity index is 4.45. The van der Waals surface area contributed by atoms with Gasteiger partial charge in [-0.25, -0.2) is 0 Å². The molecule has 2 nitrogen and oxygen atoms in total. The van der Waals surface area contributed by atoms with Crippen LogP contribution in [0.15, 0.2) is 23.3 Å². The second kappa shape index (κ2) is 15.3. The first-order chi connectivity index (χ1) is 13.1. The molecular weight excluding hydrogens is 344 g/mol. The number of allylic oxidation sites excluding steroid dienone is 4. The molecule has 0 spiro atoms. The van der Waals surface area contributed by atoms with E-state index in [-0.39, 0.29) is 12.2 Å². The predicted molar refractivity (Wildman–Crippen MR) is 125 cm³/mol. The van der Waals surface area contributed by atoms with Crippen molar-refractivity contribution in [1.29, 1.82) is 0 Å². The average Bonchev–Trinajstić information content (AvgIpc) is 2.60. The van der Waals surface area contributed by atoms with E-state index in [4.69, 9.17) is 9.47 Å². The Bertz CT molecular complexity index is 435. The Hall–Kier alpha value is -0.600. The van der Waals surface area contributed by atoms with Gasteiger partial charge in [-0.1, -0.05) is 57.4 Å². The standard InChI is InChI=1S/C26H50O2/c1-10-24(7)27-26(9,28-25(8)11-2)20-14-19-23(6)18-13-17-22(5)16-12-15-21(3)4/h17,19,21,24-25H,10-16,18,20H2,1-9H3/b22-17+,23-19+. The maximum Gasteiger partial charge on any atom is 0.166 e. The van der Waals surface area contributed by atoms with Crippen LogP contribution in [0.5, 0.6) is 0 Å². The third-order valence-electron chi connectivity index (χ3n) is 5.53. The van der Waals surface area contributed by atoms with Crippen LogP contribution in [0, 0.1) is 5.92 Å². The summed E-state index contributed by atoms with van der Waals surface area (Å²) in [6.07, 6.45) is 15.4. The summed E-state index contributed by atoms with van der Waals surface area (Å²) in [5, 5.41) is 0. The van der Waals surface area contributed by atoms with Crippen molar-refractivity contribution in [2.24, 2.45) is 5.92 Å². The van der Waals surface area contributed by atoms with Crippen molar-refractivity contribution in [2.45, 2.75) is 138 Å². The number of hydrogen-bond donors (Lipinski definition) is 0. The molecule has 2 unspecified atom stereocenters. The van der Waals surface area contributed by atoms with Gasteiger partial charge in [-0.15, -0.1) is 0 Å². The molecule has 0 N–H and O–H groups in total. The molecule has 0 aliphatic rings. The van der Waals surface area contributed by atoms with E-state index >= 15 is 0 Å². The van der Waals surface area contributed by atoms with Crippen LogP contribution >= 0.6 is 0 Å². The van der Waals surface area contributed by atoms with Crippen LogP contribution in [-0.4, -0.2) is 18.0 Å². The van der Waals surface area contributed by atoms with Gasteiger partial charge in [-0.3, -0.25) is 0 Å². The largest absolute Gasteiger partial charge is 0.347 e. The fourth-order valence-electron chi connectivity index (χ4n) is 3.28. The first-order valence-corrected chi connectivity index (χ1v) is 11.8. The summed E-state index contributed by atoms with van der Waals surface area (Å²) < 4.78 is 12.5. The lowest BCUT2D eigenvalue weighted by Crippen LogP contribution is -2.38. The van der Waals surface area contributed by atoms with Gasteiger partial charge in [0.15, 0.2) is 5.79 Å². The van der Waals surface area contributed by atoms with E-state index in [1.807, 2.05) is 0 Å². The molecule has 166 valence electrons. The van der Waals surface area contributed by atoms with Crippen LogP contribution in [0.1, 0.15) is 120 Å². The van der Waals surface area contributed by atoms with Crippen LogP contribution in [0.2, 0.25) is 0 Å². The summed E-state index contributed by atoms with van der Waals surface area (Å²) in [6, 6.07) is 0. The van der Waals surface area contributed by atoms with Gasteiger partial charge in [-0.05, 0) is 85.5 Å². The fraction of sp³-hybridized carbons (Fsp3) is 0.846. The minimum atomic E-state index is -0.492. The van der Waals surface area contributed by atoms with Gasteiger partial charge < -0.3 is 9.47 Å². The van der Waals surface area contributed by atoms with Crippen molar-refractivity contribution < 1.29 is 9.47 Å². The highest BCUT2D eigenvalue weighted by Crippen LogP contribution is 2.26. The Labute approximate surface area is 177 Å². The van der Waals surface area contributed by atoms with Gasteiger partial charge in [-0.2, -0.15) is 0 Å². The summed E-state index contributed by atoms with van der Waals surface area (Å²) in [7, 11) is 0. The molecule has 0 rings (SSSR count). The molecule has 0 heterocycles. The first kappa shape index (κ1) is 27.4. The van der Waals surface area contributed by atoms with Crippen LogP contribution in [0.3, 0.4) is 0 Å². The van der Waals surface area contributed by atoms with Crippen molar-refractivity contribution in [3.05, 3.63) is 23.3 Å². The molecule has 0 aromatic carbocycles. The Morgan fingerprint density at radius 1 is 0.821 bits per heavy atom. The zero-order valence-corrected chi connectivity index (χ0v) is 20.6. The highest BCUT2D eigenvalue weighted by atomic mass is 16.7. The van der Waals surface area contributed by atoms with Crippen LogP contribution in [-0.2, 0) is 9.47 Å². The fourth-order valence-corrected chi connectivity index (χ4v) is 3.28. The van der Waals surface area contributed by atoms with Crippen molar-refractivity contribution >= 4 is 0 Å². The Morgan fingerprint density at radius 3 is 1.82 bits per heavy atom. The van der Waals surface area contributed by atoms with E-state index in [0.29, 0.717) is 0 Å². The molecule has 0 bridgehead atoms. The lowest BCUT2D eigenvalue weighted by molar-refractivity contribution is -0.266. The molecular formula is C26H50O2. The van der Waals surface area contributed by atoms with E-state index in [1.54, 1.807) is 5.57 Å². The maximum atomic E-state index is 6.25. The van der Waals surface area contributed by atoms with Crippen LogP contribution < -0.4 is 0 Å². The summed E-state index contributed by atoms with van der Waals surface area (Å²) in [6.45, 7) is 19.9. The lowest BCUT2D eigenvalue weighted by atomic mass is 10.0. The zero-order chi connectivity index (χ0) is 21.6. The monoisotopic (exact) mass is 394 g/mol. The van der Waals surface area contributed by atoms with E-state index in [9.17, 15) is 0 Å². The average molecular weight is 395 g/mol. The SMILES string of the molecule is CCC(C)OC(C)(CC/C=C(\C)CC/C=C(\C)CCCC(C)C)OC(C)CC. The molecule has 0 aromatic heterocycles. The minimum Gasteiger partial charge on any atom is -0.347 e. The number of hydrogen-bond acceptors (Lipinski definition) is 2. The van der Waals surface area contributed by atoms with E-state index < -0.39 is 5.79 Å². The van der Waals surface area contributed by atoms with E-state index in [1.165, 1.54) is 24.8 Å². The molecule has 0 radical (unpaired) electrons. The molecule has 0 amide bonds. The third kappa shape index (κ3) is 14.4. The molecule has 0 aromatic rings. The second-order valence-electron chi connectivity index (χ2n) is 9.27. The zero-order valence-electron chi connectivity index (χ0n) is 20.6. The minimum absolute atomic E-state index is 0.225. The smallest absolute Gasteiger partial charge is 0.166 e. The van der Waals surface area contributed by atoms with E-state index in [2.05, 4.69) is 74.5 Å². The Morgan fingerprint density at radius 2 is 1.32 bits per heavy atom. The summed E-state index contributed by atoms with van der Waals surface area (Å²) in [5.74, 6) is 0.325. The quantitative estimate of drug-likeness (QED) is 0.193. The van der Waals surface area contributed by atoms with Crippen LogP contribution in [0.25, 0.3) is 0 Å². The molecule has 0 fully saturated rings. The second-order valence-corrected chi connectivity index (χ2v) is 9.27. The van der Waals surface area contributed by atoms with Crippen molar-refractivity contribution in [1.82, 2.24) is 0 Å². The third-order valence-corrected chi connectivity index (χ3v) is 5.53. The van der Waals surface area contributed by atoms with E-state index in [0.717, 1.165) is 44.4 Å². The van der Waals surface area contributed by atoms with Gasteiger partial charge in [0, 0.05) is 6.42 Å². The number of rotatable bonds is 16. The van der Waals surface area contributed by atoms with Gasteiger partial charge >= 0.3 is 0 Å². The normalized spacial score (nSPS) is 17.6. The van der Waals surface area contributed by atoms with Gasteiger partial charge in [0.1, 0.15) is 0 Å². The highest BCUT2D eigenvalue weighted by molar-refractivity contribution is 5.03. The molecule has 0 saturated heterocycles. The molecule has 0 aliphatic carbocycles. The molecule has 2 atom stereocenters. The molecule has 0 saturated carbocycles. The van der Waals surface area contributed by atoms with Gasteiger partial charge in [0.05, 0.1) is 12.2 Å². The Kier molecular flexibility index (Phi) is 14.9. The maximum absolute atomic E-state index is 6.25. The van der Waals surface area contributed by atoms with Crippen molar-refractivity contribution in [3.63, 3.8) is 0 Å². The predicted octanol–water partition coefficient (Wildman–Crippen LogP) is 8.61. The lowest BCUT2D eigenvalue weighted by Gasteiger charge is -2.35. The van der Waals surface area contributed by atoms with Crippen molar-refractivity contribution in [3.8, 4) is 0 Å². The molecule has 0 aliphatic heterocycles. The summed E-state index contributed by atoms with van der Waals surface area (Å²) in [5.41, 5.74) is 3.02. The number of ether oxygens (including phenoxy) is 2. The van der Waals surface area contributed by atoms with Crippen molar-refractivity contribution in [2.75, 3.05) is 0 Å². The van der Waals surface area contributed by atoms with Gasteiger partial charge in [0.2, 0.25) is 0 Å². The topological polar surface area (TPSA) is 18.5 Å². The molecule has 28 heavy (non-hydrogen) atoms. The first-order valence-electron chi connectivity index (χ1n) is 11.8. The molecule has 2 heteroatoms. The summed E-state index contributed by atoms with van der Waals surface area (Å²) in [4.78, 5) is 0.